The van der Waals surface area contributed by atoms with Gasteiger partial charge in [0.25, 0.3) is 0 Å². The molecule has 0 aliphatic rings. The molecule has 0 aliphatic heterocycles. The summed E-state index contributed by atoms with van der Waals surface area (Å²) in [5.41, 5.74) is 0.906. The molecule has 8 nitrogen and oxygen atoms in total. The summed E-state index contributed by atoms with van der Waals surface area (Å²) in [7, 11) is 0. The zero-order valence-corrected chi connectivity index (χ0v) is 19.1. The fraction of sp³-hybridized carbons (Fsp3) is 0.0435. The van der Waals surface area contributed by atoms with Gasteiger partial charge in [-0.3, -0.25) is 4.79 Å². The topological polar surface area (TPSA) is 104 Å². The molecule has 0 aliphatic carbocycles. The molecule has 1 amide bonds. The van der Waals surface area contributed by atoms with Crippen LogP contribution in [0.3, 0.4) is 0 Å². The predicted octanol–water partition coefficient (Wildman–Crippen LogP) is 5.45. The molecule has 0 atom stereocenters. The van der Waals surface area contributed by atoms with E-state index in [1.807, 2.05) is 0 Å². The summed E-state index contributed by atoms with van der Waals surface area (Å²) in [6.07, 6.45) is 0. The van der Waals surface area contributed by atoms with Crippen LogP contribution >= 0.6 is 15.9 Å². The molecule has 0 bridgehead atoms. The smallest absolute Gasteiger partial charge is 0.243 e. The number of carbonyl (C=O) groups is 1. The summed E-state index contributed by atoms with van der Waals surface area (Å²) in [5, 5.41) is 11.1. The van der Waals surface area contributed by atoms with Gasteiger partial charge in [0.1, 0.15) is 11.6 Å². The highest BCUT2D eigenvalue weighted by Crippen LogP contribution is 2.22. The van der Waals surface area contributed by atoms with Gasteiger partial charge >= 0.3 is 0 Å². The van der Waals surface area contributed by atoms with E-state index in [1.165, 1.54) is 24.3 Å². The third kappa shape index (κ3) is 6.23. The lowest BCUT2D eigenvalue weighted by Crippen LogP contribution is -2.23. The first-order valence-corrected chi connectivity index (χ1v) is 10.8. The summed E-state index contributed by atoms with van der Waals surface area (Å²) < 4.78 is 29.1. The van der Waals surface area contributed by atoms with Crippen LogP contribution in [-0.2, 0) is 4.79 Å². The molecule has 0 fully saturated rings. The minimum atomic E-state index is -0.505. The minimum Gasteiger partial charge on any atom is -0.345 e. The predicted molar refractivity (Wildman–Crippen MR) is 130 cm³/mol. The molecule has 0 spiro atoms. The fourth-order valence-electron chi connectivity index (χ4n) is 2.83. The normalized spacial score (nSPS) is 10.4. The van der Waals surface area contributed by atoms with Crippen molar-refractivity contribution in [3.05, 3.63) is 88.9 Å². The lowest BCUT2D eigenvalue weighted by atomic mass is 10.3. The van der Waals surface area contributed by atoms with Crippen LogP contribution in [0.2, 0.25) is 0 Å². The van der Waals surface area contributed by atoms with Gasteiger partial charge in [-0.25, -0.2) is 8.78 Å². The Morgan fingerprint density at radius 2 is 1.24 bits per heavy atom. The second-order valence-corrected chi connectivity index (χ2v) is 7.84. The van der Waals surface area contributed by atoms with E-state index in [9.17, 15) is 13.6 Å². The number of nitrogens with one attached hydrogen (secondary N) is 4. The van der Waals surface area contributed by atoms with E-state index in [0.29, 0.717) is 5.69 Å². The van der Waals surface area contributed by atoms with Gasteiger partial charge in [0, 0.05) is 10.2 Å². The van der Waals surface area contributed by atoms with Crippen molar-refractivity contribution in [2.75, 3.05) is 27.8 Å². The second-order valence-electron chi connectivity index (χ2n) is 6.92. The van der Waals surface area contributed by atoms with E-state index in [1.54, 1.807) is 48.5 Å². The van der Waals surface area contributed by atoms with Gasteiger partial charge in [0.2, 0.25) is 23.8 Å². The van der Waals surface area contributed by atoms with Crippen molar-refractivity contribution in [3.63, 3.8) is 0 Å². The monoisotopic (exact) mass is 525 g/mol. The van der Waals surface area contributed by atoms with Gasteiger partial charge in [-0.05, 0) is 48.5 Å². The maximum absolute atomic E-state index is 14.1. The average molecular weight is 526 g/mol. The Labute approximate surface area is 202 Å². The summed E-state index contributed by atoms with van der Waals surface area (Å²) in [6, 6.07) is 19.1. The maximum Gasteiger partial charge on any atom is 0.243 e. The van der Waals surface area contributed by atoms with Crippen molar-refractivity contribution in [3.8, 4) is 0 Å². The SMILES string of the molecule is O=C(CNc1nc(Nc2ccccc2F)nc(Nc2ccccc2F)n1)Nc1ccc(Br)cc1. The number of benzene rings is 3. The number of rotatable bonds is 8. The van der Waals surface area contributed by atoms with Crippen molar-refractivity contribution in [2.45, 2.75) is 0 Å². The number of hydrogen-bond donors (Lipinski definition) is 4. The molecule has 1 heterocycles. The van der Waals surface area contributed by atoms with E-state index in [4.69, 9.17) is 0 Å². The molecule has 1 aromatic heterocycles. The molecule has 4 aromatic rings. The number of amides is 1. The largest absolute Gasteiger partial charge is 0.345 e. The fourth-order valence-corrected chi connectivity index (χ4v) is 3.09. The summed E-state index contributed by atoms with van der Waals surface area (Å²) >= 11 is 3.34. The van der Waals surface area contributed by atoms with E-state index < -0.39 is 11.6 Å². The first kappa shape index (κ1) is 23.1. The highest BCUT2D eigenvalue weighted by Gasteiger charge is 2.12. The van der Waals surface area contributed by atoms with Gasteiger partial charge in [-0.1, -0.05) is 40.2 Å². The van der Waals surface area contributed by atoms with Crippen molar-refractivity contribution in [1.29, 1.82) is 0 Å². The van der Waals surface area contributed by atoms with Gasteiger partial charge in [-0.2, -0.15) is 15.0 Å². The first-order chi connectivity index (χ1) is 16.5. The molecular formula is C23H18BrF2N7O. The number of carbonyl (C=O) groups excluding carboxylic acids is 1. The number of nitrogens with zero attached hydrogens (tertiary/aromatic N) is 3. The van der Waals surface area contributed by atoms with Crippen LogP contribution in [-0.4, -0.2) is 27.4 Å². The lowest BCUT2D eigenvalue weighted by molar-refractivity contribution is -0.114. The summed E-state index contributed by atoms with van der Waals surface area (Å²) in [4.78, 5) is 24.9. The van der Waals surface area contributed by atoms with Gasteiger partial charge in [0.15, 0.2) is 0 Å². The van der Waals surface area contributed by atoms with E-state index in [-0.39, 0.29) is 41.7 Å². The Morgan fingerprint density at radius 3 is 1.76 bits per heavy atom. The third-order valence-corrected chi connectivity index (χ3v) is 4.94. The molecule has 3 aromatic carbocycles. The molecule has 4 N–H and O–H groups in total. The Morgan fingerprint density at radius 1 is 0.735 bits per heavy atom. The van der Waals surface area contributed by atoms with Crippen molar-refractivity contribution >= 4 is 56.7 Å². The number of halogens is 3. The second kappa shape index (κ2) is 10.7. The highest BCUT2D eigenvalue weighted by molar-refractivity contribution is 9.10. The average Bonchev–Trinajstić information content (AvgIpc) is 2.82. The van der Waals surface area contributed by atoms with Crippen molar-refractivity contribution in [2.24, 2.45) is 0 Å². The van der Waals surface area contributed by atoms with Gasteiger partial charge in [0.05, 0.1) is 17.9 Å². The number of anilines is 6. The Kier molecular flexibility index (Phi) is 7.23. The Balaban J connectivity index is 1.53. The van der Waals surface area contributed by atoms with E-state index in [2.05, 4.69) is 52.1 Å². The quantitative estimate of drug-likeness (QED) is 0.242. The minimum absolute atomic E-state index is 0.00485. The van der Waals surface area contributed by atoms with Crippen LogP contribution in [0.25, 0.3) is 0 Å². The molecule has 11 heteroatoms. The summed E-state index contributed by atoms with van der Waals surface area (Å²) in [6.45, 7) is -0.154. The van der Waals surface area contributed by atoms with Crippen LogP contribution in [0.5, 0.6) is 0 Å². The number of hydrogen-bond acceptors (Lipinski definition) is 7. The van der Waals surface area contributed by atoms with Crippen LogP contribution in [0, 0.1) is 11.6 Å². The highest BCUT2D eigenvalue weighted by atomic mass is 79.9. The third-order valence-electron chi connectivity index (χ3n) is 4.41. The van der Waals surface area contributed by atoms with Crippen molar-refractivity contribution < 1.29 is 13.6 Å². The van der Waals surface area contributed by atoms with E-state index in [0.717, 1.165) is 4.47 Å². The van der Waals surface area contributed by atoms with Crippen molar-refractivity contribution in [1.82, 2.24) is 15.0 Å². The number of para-hydroxylation sites is 2. The van der Waals surface area contributed by atoms with Crippen LogP contribution in [0.4, 0.5) is 43.7 Å². The van der Waals surface area contributed by atoms with Crippen LogP contribution in [0.15, 0.2) is 77.3 Å². The molecule has 0 radical (unpaired) electrons. The van der Waals surface area contributed by atoms with Gasteiger partial charge < -0.3 is 21.3 Å². The zero-order chi connectivity index (χ0) is 23.9. The van der Waals surface area contributed by atoms with Gasteiger partial charge in [-0.15, -0.1) is 0 Å². The molecule has 34 heavy (non-hydrogen) atoms. The molecule has 0 saturated heterocycles. The number of aromatic nitrogens is 3. The molecular weight excluding hydrogens is 508 g/mol. The molecule has 172 valence electrons. The maximum atomic E-state index is 14.1. The molecule has 4 rings (SSSR count). The standard InChI is InChI=1S/C23H18BrF2N7O/c24-14-9-11-15(12-10-14)28-20(34)13-27-21-31-22(29-18-7-3-1-5-16(18)25)33-23(32-21)30-19-8-4-2-6-17(19)26/h1-12H,13H2,(H,28,34)(H3,27,29,30,31,32,33). The molecule has 0 unspecified atom stereocenters. The zero-order valence-electron chi connectivity index (χ0n) is 17.5. The van der Waals surface area contributed by atoms with Crippen LogP contribution in [0.1, 0.15) is 0 Å². The Bertz CT molecular complexity index is 1240. The lowest BCUT2D eigenvalue weighted by Gasteiger charge is -2.12. The van der Waals surface area contributed by atoms with E-state index >= 15 is 0 Å². The summed E-state index contributed by atoms with van der Waals surface area (Å²) in [5.74, 6) is -1.33. The Hall–Kier alpha value is -4.12. The first-order valence-electron chi connectivity index (χ1n) is 10.0. The van der Waals surface area contributed by atoms with Crippen LogP contribution < -0.4 is 21.3 Å². The molecule has 0 saturated carbocycles.